The van der Waals surface area contributed by atoms with Crippen molar-refractivity contribution in [3.8, 4) is 34.2 Å². The van der Waals surface area contributed by atoms with Gasteiger partial charge in [0.15, 0.2) is 17.5 Å². The summed E-state index contributed by atoms with van der Waals surface area (Å²) in [6.45, 7) is 12.0. The zero-order valence-electron chi connectivity index (χ0n) is 21.6. The standard InChI is InChI=1S/C27H25BFN3O2.C2H6/c1-26(2)27(3,4)34-28(33-26)20-15-16-22(29)21(17-20)25-31-23(18-11-7-5-8-12-18)30-24(32-25)19-13-9-6-10-14-19;1-2/h5-17H,1-4H3;1-2H3. The van der Waals surface area contributed by atoms with Gasteiger partial charge in [-0.2, -0.15) is 0 Å². The SMILES string of the molecule is CC.CC1(C)OB(c2ccc(F)c(-c3nc(-c4ccccc4)nc(-c4ccccc4)n3)c2)OC1(C)C. The quantitative estimate of drug-likeness (QED) is 0.317. The molecule has 0 aliphatic carbocycles. The molecule has 0 N–H and O–H groups in total. The second kappa shape index (κ2) is 10.3. The van der Waals surface area contributed by atoms with Crippen LogP contribution < -0.4 is 5.46 Å². The van der Waals surface area contributed by atoms with Crippen LogP contribution in [0.4, 0.5) is 4.39 Å². The first-order valence-corrected chi connectivity index (χ1v) is 12.3. The molecule has 7 heteroatoms. The lowest BCUT2D eigenvalue weighted by atomic mass is 9.78. The molecule has 0 atom stereocenters. The van der Waals surface area contributed by atoms with Gasteiger partial charge in [0.1, 0.15) is 5.82 Å². The summed E-state index contributed by atoms with van der Waals surface area (Å²) in [5.41, 5.74) is 1.62. The van der Waals surface area contributed by atoms with Gasteiger partial charge in [-0.3, -0.25) is 0 Å². The van der Waals surface area contributed by atoms with E-state index in [1.54, 1.807) is 12.1 Å². The van der Waals surface area contributed by atoms with Crippen LogP contribution in [-0.4, -0.2) is 33.3 Å². The molecule has 1 aromatic heterocycles. The second-order valence-corrected chi connectivity index (χ2v) is 9.37. The predicted octanol–water partition coefficient (Wildman–Crippen LogP) is 6.34. The van der Waals surface area contributed by atoms with Gasteiger partial charge in [0.2, 0.25) is 0 Å². The number of hydrogen-bond donors (Lipinski definition) is 0. The first-order chi connectivity index (χ1) is 17.2. The molecule has 5 nitrogen and oxygen atoms in total. The molecule has 0 amide bonds. The Labute approximate surface area is 212 Å². The molecule has 1 saturated heterocycles. The molecule has 0 bridgehead atoms. The second-order valence-electron chi connectivity index (χ2n) is 9.37. The first kappa shape index (κ1) is 25.7. The average molecular weight is 483 g/mol. The summed E-state index contributed by atoms with van der Waals surface area (Å²) in [5, 5.41) is 0. The molecule has 1 fully saturated rings. The lowest BCUT2D eigenvalue weighted by molar-refractivity contribution is 0.00578. The van der Waals surface area contributed by atoms with E-state index in [9.17, 15) is 0 Å². The van der Waals surface area contributed by atoms with E-state index in [1.165, 1.54) is 6.07 Å². The van der Waals surface area contributed by atoms with E-state index in [4.69, 9.17) is 9.31 Å². The molecule has 3 aromatic carbocycles. The van der Waals surface area contributed by atoms with Crippen molar-refractivity contribution < 1.29 is 13.7 Å². The van der Waals surface area contributed by atoms with E-state index in [2.05, 4.69) is 15.0 Å². The van der Waals surface area contributed by atoms with Crippen LogP contribution in [0.2, 0.25) is 0 Å². The number of hydrogen-bond acceptors (Lipinski definition) is 5. The number of rotatable bonds is 4. The van der Waals surface area contributed by atoms with Crippen molar-refractivity contribution in [1.29, 1.82) is 0 Å². The van der Waals surface area contributed by atoms with Gasteiger partial charge in [-0.05, 0) is 45.3 Å². The minimum atomic E-state index is -0.617. The van der Waals surface area contributed by atoms with Crippen LogP contribution in [0, 0.1) is 5.82 Å². The van der Waals surface area contributed by atoms with Crippen molar-refractivity contribution in [3.63, 3.8) is 0 Å². The lowest BCUT2D eigenvalue weighted by Crippen LogP contribution is -2.41. The Morgan fingerprint density at radius 2 is 1.08 bits per heavy atom. The molecular weight excluding hydrogens is 452 g/mol. The Balaban J connectivity index is 0.00000148. The minimum Gasteiger partial charge on any atom is -0.399 e. The van der Waals surface area contributed by atoms with Crippen molar-refractivity contribution in [1.82, 2.24) is 15.0 Å². The predicted molar refractivity (Wildman–Crippen MR) is 143 cm³/mol. The van der Waals surface area contributed by atoms with Gasteiger partial charge in [-0.25, -0.2) is 19.3 Å². The molecule has 4 aromatic rings. The zero-order valence-corrected chi connectivity index (χ0v) is 21.6. The van der Waals surface area contributed by atoms with Crippen LogP contribution in [0.3, 0.4) is 0 Å². The largest absolute Gasteiger partial charge is 0.494 e. The molecule has 0 unspecified atom stereocenters. The Bertz CT molecular complexity index is 1260. The van der Waals surface area contributed by atoms with Crippen LogP contribution >= 0.6 is 0 Å². The highest BCUT2D eigenvalue weighted by atomic mass is 19.1. The Morgan fingerprint density at radius 1 is 0.639 bits per heavy atom. The van der Waals surface area contributed by atoms with Gasteiger partial charge in [-0.1, -0.05) is 80.6 Å². The summed E-state index contributed by atoms with van der Waals surface area (Å²) in [7, 11) is -0.617. The summed E-state index contributed by atoms with van der Waals surface area (Å²) in [4.78, 5) is 14.0. The maximum absolute atomic E-state index is 15.1. The fourth-order valence-corrected chi connectivity index (χ4v) is 3.77. The van der Waals surface area contributed by atoms with E-state index >= 15 is 4.39 Å². The zero-order chi connectivity index (χ0) is 25.9. The van der Waals surface area contributed by atoms with E-state index in [-0.39, 0.29) is 11.4 Å². The summed E-state index contributed by atoms with van der Waals surface area (Å²) in [5.74, 6) is 0.780. The molecule has 0 saturated carbocycles. The van der Waals surface area contributed by atoms with Crippen molar-refractivity contribution in [3.05, 3.63) is 84.7 Å². The lowest BCUT2D eigenvalue weighted by Gasteiger charge is -2.32. The van der Waals surface area contributed by atoms with Crippen molar-refractivity contribution in [2.45, 2.75) is 52.7 Å². The summed E-state index contributed by atoms with van der Waals surface area (Å²) in [6, 6.07) is 24.0. The Morgan fingerprint density at radius 3 is 1.56 bits per heavy atom. The fourth-order valence-electron chi connectivity index (χ4n) is 3.77. The molecule has 36 heavy (non-hydrogen) atoms. The average Bonchev–Trinajstić information content (AvgIpc) is 3.12. The highest BCUT2D eigenvalue weighted by molar-refractivity contribution is 6.62. The van der Waals surface area contributed by atoms with E-state index in [1.807, 2.05) is 102 Å². The molecule has 184 valence electrons. The molecular formula is C29H31BFN3O2. The monoisotopic (exact) mass is 483 g/mol. The third-order valence-corrected chi connectivity index (χ3v) is 6.46. The van der Waals surface area contributed by atoms with Crippen LogP contribution in [-0.2, 0) is 9.31 Å². The maximum atomic E-state index is 15.1. The Kier molecular flexibility index (Phi) is 7.34. The van der Waals surface area contributed by atoms with Crippen LogP contribution in [0.15, 0.2) is 78.9 Å². The highest BCUT2D eigenvalue weighted by Crippen LogP contribution is 2.37. The number of nitrogens with zero attached hydrogens (tertiary/aromatic N) is 3. The normalized spacial score (nSPS) is 15.8. The molecule has 2 heterocycles. The van der Waals surface area contributed by atoms with E-state index < -0.39 is 24.1 Å². The van der Waals surface area contributed by atoms with Crippen LogP contribution in [0.1, 0.15) is 41.5 Å². The molecule has 1 aliphatic rings. The number of halogens is 1. The highest BCUT2D eigenvalue weighted by Gasteiger charge is 2.51. The number of aromatic nitrogens is 3. The van der Waals surface area contributed by atoms with Crippen molar-refractivity contribution >= 4 is 12.6 Å². The minimum absolute atomic E-state index is 0.253. The van der Waals surface area contributed by atoms with Gasteiger partial charge in [0.05, 0.1) is 16.8 Å². The third kappa shape index (κ3) is 5.08. The van der Waals surface area contributed by atoms with Crippen molar-refractivity contribution in [2.24, 2.45) is 0 Å². The fraction of sp³-hybridized carbons (Fsp3) is 0.276. The maximum Gasteiger partial charge on any atom is 0.494 e. The van der Waals surface area contributed by atoms with Gasteiger partial charge < -0.3 is 9.31 Å². The smallest absolute Gasteiger partial charge is 0.399 e. The number of benzene rings is 3. The van der Waals surface area contributed by atoms with Gasteiger partial charge >= 0.3 is 7.12 Å². The van der Waals surface area contributed by atoms with Crippen LogP contribution in [0.25, 0.3) is 34.2 Å². The summed E-state index contributed by atoms with van der Waals surface area (Å²) >= 11 is 0. The van der Waals surface area contributed by atoms with E-state index in [0.29, 0.717) is 17.1 Å². The third-order valence-electron chi connectivity index (χ3n) is 6.46. The molecule has 5 rings (SSSR count). The first-order valence-electron chi connectivity index (χ1n) is 12.3. The topological polar surface area (TPSA) is 57.1 Å². The molecule has 0 radical (unpaired) electrons. The van der Waals surface area contributed by atoms with Gasteiger partial charge in [0, 0.05) is 11.1 Å². The van der Waals surface area contributed by atoms with Crippen LogP contribution in [0.5, 0.6) is 0 Å². The van der Waals surface area contributed by atoms with E-state index in [0.717, 1.165) is 11.1 Å². The van der Waals surface area contributed by atoms with Crippen molar-refractivity contribution in [2.75, 3.05) is 0 Å². The summed E-state index contributed by atoms with van der Waals surface area (Å²) in [6.07, 6.45) is 0. The molecule has 1 aliphatic heterocycles. The van der Waals surface area contributed by atoms with Gasteiger partial charge in [0.25, 0.3) is 0 Å². The summed E-state index contributed by atoms with van der Waals surface area (Å²) < 4.78 is 27.5. The van der Waals surface area contributed by atoms with Gasteiger partial charge in [-0.15, -0.1) is 0 Å². The Hall–Kier alpha value is -3.42. The molecule has 0 spiro atoms.